The Bertz CT molecular complexity index is 1650. The van der Waals surface area contributed by atoms with Gasteiger partial charge in [0.1, 0.15) is 0 Å². The van der Waals surface area contributed by atoms with Crippen LogP contribution in [0.1, 0.15) is 31.9 Å². The van der Waals surface area contributed by atoms with Crippen molar-refractivity contribution >= 4 is 40.0 Å². The highest BCUT2D eigenvalue weighted by molar-refractivity contribution is 7.99. The standard InChI is InChI=1S/C28H27N5O2S/c1-18-9-5-7-11-22(18)32-25(35)21-10-6-8-12-23(21)33-26(32)30-31-27(33)36-17-24(34)29-20-15-13-19(14-16-20)28(2,3)4/h5-16H,17H2,1-4H3,(H,29,34). The molecule has 0 saturated heterocycles. The van der Waals surface area contributed by atoms with Crippen LogP contribution in [0.3, 0.4) is 0 Å². The SMILES string of the molecule is Cc1ccccc1-n1c(=O)c2ccccc2n2c(SCC(=O)Nc3ccc(C(C)(C)C)cc3)nnc12. The summed E-state index contributed by atoms with van der Waals surface area (Å²) in [6.45, 7) is 8.42. The van der Waals surface area contributed by atoms with E-state index < -0.39 is 0 Å². The van der Waals surface area contributed by atoms with E-state index in [1.165, 1.54) is 17.3 Å². The molecule has 0 radical (unpaired) electrons. The van der Waals surface area contributed by atoms with Gasteiger partial charge in [-0.25, -0.2) is 4.57 Å². The third-order valence-corrected chi connectivity index (χ3v) is 7.05. The Morgan fingerprint density at radius 2 is 1.64 bits per heavy atom. The first-order chi connectivity index (χ1) is 17.2. The Labute approximate surface area is 213 Å². The Morgan fingerprint density at radius 1 is 0.944 bits per heavy atom. The molecule has 1 amide bonds. The summed E-state index contributed by atoms with van der Waals surface area (Å²) in [6.07, 6.45) is 0. The number of amides is 1. The van der Waals surface area contributed by atoms with Gasteiger partial charge in [0.25, 0.3) is 5.56 Å². The molecule has 0 spiro atoms. The lowest BCUT2D eigenvalue weighted by molar-refractivity contribution is -0.113. The van der Waals surface area contributed by atoms with Gasteiger partial charge in [-0.05, 0) is 53.8 Å². The average Bonchev–Trinajstić information content (AvgIpc) is 3.27. The largest absolute Gasteiger partial charge is 0.325 e. The number of carbonyl (C=O) groups excluding carboxylic acids is 1. The fourth-order valence-electron chi connectivity index (χ4n) is 4.18. The molecule has 2 aromatic heterocycles. The van der Waals surface area contributed by atoms with Crippen LogP contribution in [-0.2, 0) is 10.2 Å². The molecule has 8 heteroatoms. The van der Waals surface area contributed by atoms with E-state index in [9.17, 15) is 9.59 Å². The zero-order chi connectivity index (χ0) is 25.4. The summed E-state index contributed by atoms with van der Waals surface area (Å²) >= 11 is 1.28. The van der Waals surface area contributed by atoms with Gasteiger partial charge < -0.3 is 5.32 Å². The lowest BCUT2D eigenvalue weighted by atomic mass is 9.87. The second-order valence-electron chi connectivity index (χ2n) is 9.73. The summed E-state index contributed by atoms with van der Waals surface area (Å²) < 4.78 is 3.44. The number of thioether (sulfide) groups is 1. The molecule has 5 aromatic rings. The Morgan fingerprint density at radius 3 is 2.36 bits per heavy atom. The Balaban J connectivity index is 1.47. The molecule has 36 heavy (non-hydrogen) atoms. The number of aromatic nitrogens is 4. The van der Waals surface area contributed by atoms with Crippen molar-refractivity contribution in [2.75, 3.05) is 11.1 Å². The van der Waals surface area contributed by atoms with Crippen molar-refractivity contribution in [2.45, 2.75) is 38.3 Å². The monoisotopic (exact) mass is 497 g/mol. The van der Waals surface area contributed by atoms with Crippen molar-refractivity contribution in [1.29, 1.82) is 0 Å². The van der Waals surface area contributed by atoms with Crippen LogP contribution in [0, 0.1) is 6.92 Å². The van der Waals surface area contributed by atoms with Crippen molar-refractivity contribution in [3.63, 3.8) is 0 Å². The molecule has 5 rings (SSSR count). The number of hydrogen-bond acceptors (Lipinski definition) is 5. The highest BCUT2D eigenvalue weighted by Crippen LogP contribution is 2.26. The van der Waals surface area contributed by atoms with Crippen LogP contribution in [0.2, 0.25) is 0 Å². The minimum absolute atomic E-state index is 0.0506. The van der Waals surface area contributed by atoms with Crippen LogP contribution in [-0.4, -0.2) is 30.8 Å². The highest BCUT2D eigenvalue weighted by atomic mass is 32.2. The first-order valence-corrected chi connectivity index (χ1v) is 12.7. The predicted molar refractivity (Wildman–Crippen MR) is 145 cm³/mol. The number of nitrogens with zero attached hydrogens (tertiary/aromatic N) is 4. The van der Waals surface area contributed by atoms with E-state index in [1.807, 2.05) is 78.1 Å². The molecule has 0 atom stereocenters. The molecule has 0 unspecified atom stereocenters. The first-order valence-electron chi connectivity index (χ1n) is 11.7. The van der Waals surface area contributed by atoms with E-state index >= 15 is 0 Å². The quantitative estimate of drug-likeness (QED) is 0.330. The fourth-order valence-corrected chi connectivity index (χ4v) is 4.92. The van der Waals surface area contributed by atoms with Crippen LogP contribution in [0.15, 0.2) is 82.7 Å². The van der Waals surface area contributed by atoms with Crippen LogP contribution in [0.4, 0.5) is 5.69 Å². The molecular weight excluding hydrogens is 470 g/mol. The minimum atomic E-state index is -0.159. The van der Waals surface area contributed by atoms with Gasteiger partial charge in [0.05, 0.1) is 22.3 Å². The van der Waals surface area contributed by atoms with Gasteiger partial charge in [0, 0.05) is 5.69 Å². The Kier molecular flexibility index (Phi) is 6.14. The number of aryl methyl sites for hydroxylation is 1. The number of benzene rings is 3. The van der Waals surface area contributed by atoms with Gasteiger partial charge in [-0.15, -0.1) is 10.2 Å². The molecule has 0 saturated carbocycles. The van der Waals surface area contributed by atoms with Crippen molar-refractivity contribution in [1.82, 2.24) is 19.2 Å². The van der Waals surface area contributed by atoms with Gasteiger partial charge >= 0.3 is 0 Å². The first kappa shape index (κ1) is 23.8. The molecule has 3 aromatic carbocycles. The number of hydrogen-bond donors (Lipinski definition) is 1. The normalized spacial score (nSPS) is 11.8. The van der Waals surface area contributed by atoms with Crippen molar-refractivity contribution in [3.8, 4) is 5.69 Å². The zero-order valence-corrected chi connectivity index (χ0v) is 21.5. The van der Waals surface area contributed by atoms with Gasteiger partial charge in [-0.1, -0.05) is 75.0 Å². The fraction of sp³-hybridized carbons (Fsp3) is 0.214. The molecule has 0 bridgehead atoms. The maximum atomic E-state index is 13.5. The van der Waals surface area contributed by atoms with Gasteiger partial charge in [0.15, 0.2) is 5.16 Å². The summed E-state index contributed by atoms with van der Waals surface area (Å²) in [5, 5.41) is 12.8. The smallest absolute Gasteiger partial charge is 0.267 e. The number of nitrogens with one attached hydrogen (secondary N) is 1. The molecule has 0 aliphatic heterocycles. The maximum absolute atomic E-state index is 13.5. The third kappa shape index (κ3) is 4.40. The van der Waals surface area contributed by atoms with E-state index in [1.54, 1.807) is 10.6 Å². The molecule has 0 aliphatic carbocycles. The third-order valence-electron chi connectivity index (χ3n) is 6.12. The van der Waals surface area contributed by atoms with Crippen molar-refractivity contribution in [2.24, 2.45) is 0 Å². The summed E-state index contributed by atoms with van der Waals surface area (Å²) in [5.74, 6) is 0.421. The molecule has 182 valence electrons. The van der Waals surface area contributed by atoms with Crippen LogP contribution in [0.25, 0.3) is 22.4 Å². The van der Waals surface area contributed by atoms with E-state index in [-0.39, 0.29) is 22.6 Å². The highest BCUT2D eigenvalue weighted by Gasteiger charge is 2.19. The molecule has 0 fully saturated rings. The minimum Gasteiger partial charge on any atom is -0.325 e. The van der Waals surface area contributed by atoms with E-state index in [2.05, 4.69) is 36.3 Å². The molecular formula is C28H27N5O2S. The Hall–Kier alpha value is -3.91. The average molecular weight is 498 g/mol. The zero-order valence-electron chi connectivity index (χ0n) is 20.6. The van der Waals surface area contributed by atoms with Crippen LogP contribution < -0.4 is 10.9 Å². The van der Waals surface area contributed by atoms with Gasteiger partial charge in [-0.2, -0.15) is 0 Å². The second-order valence-corrected chi connectivity index (χ2v) is 10.7. The summed E-state index contributed by atoms with van der Waals surface area (Å²) in [6, 6.07) is 23.0. The maximum Gasteiger partial charge on any atom is 0.267 e. The number of rotatable bonds is 5. The summed E-state index contributed by atoms with van der Waals surface area (Å²) in [7, 11) is 0. The number of fused-ring (bicyclic) bond motifs is 3. The lowest BCUT2D eigenvalue weighted by Gasteiger charge is -2.19. The molecule has 7 nitrogen and oxygen atoms in total. The van der Waals surface area contributed by atoms with Gasteiger partial charge in [0.2, 0.25) is 11.7 Å². The lowest BCUT2D eigenvalue weighted by Crippen LogP contribution is -2.22. The van der Waals surface area contributed by atoms with E-state index in [0.29, 0.717) is 21.8 Å². The van der Waals surface area contributed by atoms with Crippen LogP contribution >= 0.6 is 11.8 Å². The van der Waals surface area contributed by atoms with Crippen LogP contribution in [0.5, 0.6) is 0 Å². The van der Waals surface area contributed by atoms with E-state index in [4.69, 9.17) is 0 Å². The predicted octanol–water partition coefficient (Wildman–Crippen LogP) is 5.37. The molecule has 1 N–H and O–H groups in total. The number of carbonyl (C=O) groups is 1. The second kappa shape index (κ2) is 9.28. The van der Waals surface area contributed by atoms with E-state index in [0.717, 1.165) is 16.9 Å². The van der Waals surface area contributed by atoms with Crippen molar-refractivity contribution < 1.29 is 4.79 Å². The molecule has 2 heterocycles. The topological polar surface area (TPSA) is 81.3 Å². The summed E-state index contributed by atoms with van der Waals surface area (Å²) in [5.41, 5.74) is 4.25. The number of anilines is 1. The van der Waals surface area contributed by atoms with Gasteiger partial charge in [-0.3, -0.25) is 14.0 Å². The number of para-hydroxylation sites is 2. The summed E-state index contributed by atoms with van der Waals surface area (Å²) in [4.78, 5) is 26.2. The molecule has 0 aliphatic rings. The van der Waals surface area contributed by atoms with Crippen molar-refractivity contribution in [3.05, 3.63) is 94.3 Å².